The summed E-state index contributed by atoms with van der Waals surface area (Å²) in [6.07, 6.45) is 2.03. The molecule has 110 valence electrons. The van der Waals surface area contributed by atoms with E-state index in [0.29, 0.717) is 11.3 Å². The lowest BCUT2D eigenvalue weighted by Crippen LogP contribution is -2.32. The summed E-state index contributed by atoms with van der Waals surface area (Å²) in [5, 5.41) is 2.99. The maximum absolute atomic E-state index is 12.2. The molecule has 0 fully saturated rings. The highest BCUT2D eigenvalue weighted by atomic mass is 16.5. The zero-order valence-electron chi connectivity index (χ0n) is 12.5. The molecule has 0 aliphatic rings. The molecule has 3 nitrogen and oxygen atoms in total. The molecule has 0 radical (unpaired) electrons. The lowest BCUT2D eigenvalue weighted by molar-refractivity contribution is 0.0938. The first-order chi connectivity index (χ1) is 10.2. The molecular formula is C18H21NO2. The first-order valence-electron chi connectivity index (χ1n) is 7.33. The summed E-state index contributed by atoms with van der Waals surface area (Å²) in [7, 11) is 0. The summed E-state index contributed by atoms with van der Waals surface area (Å²) >= 11 is 0. The monoisotopic (exact) mass is 283 g/mol. The van der Waals surface area contributed by atoms with Crippen LogP contribution in [0.5, 0.6) is 11.5 Å². The molecule has 0 unspecified atom stereocenters. The van der Waals surface area contributed by atoms with Gasteiger partial charge in [-0.15, -0.1) is 0 Å². The van der Waals surface area contributed by atoms with Crippen molar-refractivity contribution < 1.29 is 9.53 Å². The minimum Gasteiger partial charge on any atom is -0.457 e. The van der Waals surface area contributed by atoms with Crippen LogP contribution in [0, 0.1) is 0 Å². The number of benzene rings is 2. The molecule has 0 aliphatic carbocycles. The largest absolute Gasteiger partial charge is 0.457 e. The van der Waals surface area contributed by atoms with E-state index in [9.17, 15) is 4.79 Å². The van der Waals surface area contributed by atoms with Crippen molar-refractivity contribution in [3.05, 3.63) is 60.2 Å². The molecule has 0 aromatic heterocycles. The Morgan fingerprint density at radius 2 is 1.81 bits per heavy atom. The Morgan fingerprint density at radius 3 is 2.52 bits per heavy atom. The highest BCUT2D eigenvalue weighted by molar-refractivity contribution is 5.94. The van der Waals surface area contributed by atoms with E-state index in [1.165, 1.54) is 0 Å². The summed E-state index contributed by atoms with van der Waals surface area (Å²) in [4.78, 5) is 12.2. The van der Waals surface area contributed by atoms with Crippen LogP contribution in [0.15, 0.2) is 54.6 Å². The standard InChI is InChI=1S/C18H21NO2/c1-3-8-14(2)19-18(20)15-9-7-12-17(13-15)21-16-10-5-4-6-11-16/h4-7,9-14H,3,8H2,1-2H3,(H,19,20)/t14-/m0/s1. The van der Waals surface area contributed by atoms with E-state index in [-0.39, 0.29) is 11.9 Å². The Balaban J connectivity index is 2.05. The lowest BCUT2D eigenvalue weighted by Gasteiger charge is -2.13. The molecule has 3 heteroatoms. The van der Waals surface area contributed by atoms with E-state index in [1.54, 1.807) is 12.1 Å². The quantitative estimate of drug-likeness (QED) is 0.853. The first-order valence-corrected chi connectivity index (χ1v) is 7.33. The lowest BCUT2D eigenvalue weighted by atomic mass is 10.1. The minimum atomic E-state index is -0.0607. The normalized spacial score (nSPS) is 11.7. The molecule has 0 saturated heterocycles. The number of carbonyl (C=O) groups is 1. The van der Waals surface area contributed by atoms with Crippen molar-refractivity contribution in [2.45, 2.75) is 32.7 Å². The van der Waals surface area contributed by atoms with Crippen LogP contribution in [0.25, 0.3) is 0 Å². The maximum atomic E-state index is 12.2. The van der Waals surface area contributed by atoms with Crippen LogP contribution in [0.4, 0.5) is 0 Å². The van der Waals surface area contributed by atoms with Gasteiger partial charge >= 0.3 is 0 Å². The van der Waals surface area contributed by atoms with Crippen LogP contribution < -0.4 is 10.1 Å². The van der Waals surface area contributed by atoms with E-state index in [1.807, 2.05) is 49.4 Å². The molecule has 0 heterocycles. The Hall–Kier alpha value is -2.29. The number of rotatable bonds is 6. The smallest absolute Gasteiger partial charge is 0.251 e. The highest BCUT2D eigenvalue weighted by Crippen LogP contribution is 2.21. The van der Waals surface area contributed by atoms with Crippen LogP contribution in [0.1, 0.15) is 37.0 Å². The van der Waals surface area contributed by atoms with Gasteiger partial charge in [0.05, 0.1) is 0 Å². The molecule has 1 atom stereocenters. The molecule has 0 bridgehead atoms. The molecular weight excluding hydrogens is 262 g/mol. The zero-order chi connectivity index (χ0) is 15.1. The van der Waals surface area contributed by atoms with Gasteiger partial charge in [0.2, 0.25) is 0 Å². The van der Waals surface area contributed by atoms with Gasteiger partial charge in [0.25, 0.3) is 5.91 Å². The molecule has 21 heavy (non-hydrogen) atoms. The number of carbonyl (C=O) groups excluding carboxylic acids is 1. The number of amides is 1. The number of para-hydroxylation sites is 1. The second-order valence-electron chi connectivity index (χ2n) is 5.11. The summed E-state index contributed by atoms with van der Waals surface area (Å²) in [5.41, 5.74) is 0.617. The van der Waals surface area contributed by atoms with Crippen molar-refractivity contribution in [3.8, 4) is 11.5 Å². The molecule has 0 saturated carbocycles. The van der Waals surface area contributed by atoms with Crippen LogP contribution >= 0.6 is 0 Å². The summed E-state index contributed by atoms with van der Waals surface area (Å²) in [5.74, 6) is 1.36. The predicted molar refractivity (Wildman–Crippen MR) is 84.8 cm³/mol. The van der Waals surface area contributed by atoms with Gasteiger partial charge in [-0.1, -0.05) is 37.6 Å². The van der Waals surface area contributed by atoms with Crippen LogP contribution in [0.3, 0.4) is 0 Å². The Kier molecular flexibility index (Phi) is 5.38. The third-order valence-corrected chi connectivity index (χ3v) is 3.17. The predicted octanol–water partition coefficient (Wildman–Crippen LogP) is 4.40. The Labute approximate surface area is 126 Å². The second-order valence-corrected chi connectivity index (χ2v) is 5.11. The summed E-state index contributed by atoms with van der Waals surface area (Å²) < 4.78 is 5.74. The minimum absolute atomic E-state index is 0.0607. The SMILES string of the molecule is CCC[C@H](C)NC(=O)c1cccc(Oc2ccccc2)c1. The first kappa shape index (κ1) is 15.1. The van der Waals surface area contributed by atoms with Gasteiger partial charge in [-0.3, -0.25) is 4.79 Å². The number of hydrogen-bond donors (Lipinski definition) is 1. The van der Waals surface area contributed by atoms with E-state index >= 15 is 0 Å². The maximum Gasteiger partial charge on any atom is 0.251 e. The van der Waals surface area contributed by atoms with Gasteiger partial charge in [-0.05, 0) is 43.7 Å². The fourth-order valence-corrected chi connectivity index (χ4v) is 2.14. The molecule has 0 aliphatic heterocycles. The van der Waals surface area contributed by atoms with Crippen LogP contribution in [-0.4, -0.2) is 11.9 Å². The molecule has 1 N–H and O–H groups in total. The van der Waals surface area contributed by atoms with Crippen molar-refractivity contribution in [2.75, 3.05) is 0 Å². The summed E-state index contributed by atoms with van der Waals surface area (Å²) in [6.45, 7) is 4.13. The van der Waals surface area contributed by atoms with Gasteiger partial charge in [0.15, 0.2) is 0 Å². The van der Waals surface area contributed by atoms with Gasteiger partial charge < -0.3 is 10.1 Å². The fraction of sp³-hybridized carbons (Fsp3) is 0.278. The second kappa shape index (κ2) is 7.48. The van der Waals surface area contributed by atoms with Gasteiger partial charge in [0, 0.05) is 11.6 Å². The molecule has 2 aromatic carbocycles. The fourth-order valence-electron chi connectivity index (χ4n) is 2.14. The average molecular weight is 283 g/mol. The molecule has 1 amide bonds. The Bertz CT molecular complexity index is 581. The van der Waals surface area contributed by atoms with Crippen molar-refractivity contribution in [2.24, 2.45) is 0 Å². The third-order valence-electron chi connectivity index (χ3n) is 3.17. The third kappa shape index (κ3) is 4.63. The Morgan fingerprint density at radius 1 is 1.10 bits per heavy atom. The van der Waals surface area contributed by atoms with E-state index in [0.717, 1.165) is 18.6 Å². The van der Waals surface area contributed by atoms with Gasteiger partial charge in [-0.2, -0.15) is 0 Å². The van der Waals surface area contributed by atoms with Crippen LogP contribution in [0.2, 0.25) is 0 Å². The van der Waals surface area contributed by atoms with Crippen molar-refractivity contribution in [1.29, 1.82) is 0 Å². The zero-order valence-corrected chi connectivity index (χ0v) is 12.5. The summed E-state index contributed by atoms with van der Waals surface area (Å²) in [6, 6.07) is 17.0. The van der Waals surface area contributed by atoms with Crippen molar-refractivity contribution >= 4 is 5.91 Å². The van der Waals surface area contributed by atoms with Crippen molar-refractivity contribution in [3.63, 3.8) is 0 Å². The average Bonchev–Trinajstić information content (AvgIpc) is 2.49. The van der Waals surface area contributed by atoms with E-state index in [4.69, 9.17) is 4.74 Å². The number of nitrogens with one attached hydrogen (secondary N) is 1. The highest BCUT2D eigenvalue weighted by Gasteiger charge is 2.10. The molecule has 2 rings (SSSR count). The van der Waals surface area contributed by atoms with Crippen molar-refractivity contribution in [1.82, 2.24) is 5.32 Å². The molecule has 2 aromatic rings. The topological polar surface area (TPSA) is 38.3 Å². The number of hydrogen-bond acceptors (Lipinski definition) is 2. The van der Waals surface area contributed by atoms with Gasteiger partial charge in [0.1, 0.15) is 11.5 Å². The molecule has 0 spiro atoms. The van der Waals surface area contributed by atoms with Gasteiger partial charge in [-0.25, -0.2) is 0 Å². The van der Waals surface area contributed by atoms with Crippen LogP contribution in [-0.2, 0) is 0 Å². The number of ether oxygens (including phenoxy) is 1. The van der Waals surface area contributed by atoms with E-state index in [2.05, 4.69) is 12.2 Å². The van der Waals surface area contributed by atoms with E-state index < -0.39 is 0 Å².